The van der Waals surface area contributed by atoms with Gasteiger partial charge in [-0.25, -0.2) is 4.98 Å². The van der Waals surface area contributed by atoms with Crippen LogP contribution in [0, 0.1) is 0 Å². The first-order valence-corrected chi connectivity index (χ1v) is 6.13. The zero-order valence-electron chi connectivity index (χ0n) is 10.8. The smallest absolute Gasteiger partial charge is 0.0991 e. The lowest BCUT2D eigenvalue weighted by Crippen LogP contribution is -2.17. The molecule has 4 heteroatoms. The molecule has 0 saturated carbocycles. The van der Waals surface area contributed by atoms with Crippen molar-refractivity contribution in [3.63, 3.8) is 0 Å². The van der Waals surface area contributed by atoms with Gasteiger partial charge in [0.1, 0.15) is 0 Å². The highest BCUT2D eigenvalue weighted by Gasteiger charge is 2.02. The topological polar surface area (TPSA) is 39.1 Å². The largest absolute Gasteiger partial charge is 0.385 e. The molecular formula is C14H19N3O. The molecule has 0 aliphatic carbocycles. The monoisotopic (exact) mass is 245 g/mol. The van der Waals surface area contributed by atoms with Crippen LogP contribution in [-0.2, 0) is 4.74 Å². The van der Waals surface area contributed by atoms with Crippen molar-refractivity contribution >= 4 is 5.69 Å². The second kappa shape index (κ2) is 6.21. The summed E-state index contributed by atoms with van der Waals surface area (Å²) in [5.41, 5.74) is 2.24. The third-order valence-corrected chi connectivity index (χ3v) is 2.84. The molecule has 1 aromatic heterocycles. The summed E-state index contributed by atoms with van der Waals surface area (Å²) in [4.78, 5) is 4.04. The Balaban J connectivity index is 1.95. The van der Waals surface area contributed by atoms with Crippen LogP contribution >= 0.6 is 0 Å². The van der Waals surface area contributed by atoms with Gasteiger partial charge in [0.15, 0.2) is 0 Å². The third-order valence-electron chi connectivity index (χ3n) is 2.84. The van der Waals surface area contributed by atoms with E-state index in [1.807, 2.05) is 10.8 Å². The molecule has 0 spiro atoms. The first-order chi connectivity index (χ1) is 8.79. The van der Waals surface area contributed by atoms with E-state index in [2.05, 4.69) is 41.5 Å². The van der Waals surface area contributed by atoms with Crippen LogP contribution in [0.15, 0.2) is 43.0 Å². The van der Waals surface area contributed by atoms with Crippen LogP contribution in [0.2, 0.25) is 0 Å². The molecule has 0 saturated heterocycles. The fraction of sp³-hybridized carbons (Fsp3) is 0.357. The fourth-order valence-electron chi connectivity index (χ4n) is 1.79. The van der Waals surface area contributed by atoms with Gasteiger partial charge < -0.3 is 14.6 Å². The van der Waals surface area contributed by atoms with Gasteiger partial charge in [-0.3, -0.25) is 0 Å². The summed E-state index contributed by atoms with van der Waals surface area (Å²) >= 11 is 0. The molecule has 0 aliphatic heterocycles. The number of nitrogens with zero attached hydrogens (tertiary/aromatic N) is 2. The predicted octanol–water partition coefficient (Wildman–Crippen LogP) is 2.71. The molecular weight excluding hydrogens is 226 g/mol. The Hall–Kier alpha value is -1.81. The molecule has 1 atom stereocenters. The van der Waals surface area contributed by atoms with Gasteiger partial charge in [-0.2, -0.15) is 0 Å². The number of benzene rings is 1. The van der Waals surface area contributed by atoms with Gasteiger partial charge in [-0.1, -0.05) is 0 Å². The van der Waals surface area contributed by atoms with Crippen LogP contribution in [0.5, 0.6) is 0 Å². The molecule has 4 nitrogen and oxygen atoms in total. The van der Waals surface area contributed by atoms with E-state index in [9.17, 15) is 0 Å². The average molecular weight is 245 g/mol. The fourth-order valence-corrected chi connectivity index (χ4v) is 1.79. The van der Waals surface area contributed by atoms with Crippen molar-refractivity contribution in [3.05, 3.63) is 43.0 Å². The van der Waals surface area contributed by atoms with Gasteiger partial charge in [0.25, 0.3) is 0 Å². The van der Waals surface area contributed by atoms with Crippen LogP contribution in [-0.4, -0.2) is 29.3 Å². The summed E-state index contributed by atoms with van der Waals surface area (Å²) in [6.45, 7) is 2.93. The Morgan fingerprint density at radius 3 is 2.72 bits per heavy atom. The summed E-state index contributed by atoms with van der Waals surface area (Å²) in [6.07, 6.45) is 6.51. The van der Waals surface area contributed by atoms with E-state index in [0.29, 0.717) is 6.04 Å². The minimum atomic E-state index is 0.407. The number of aromatic nitrogens is 2. The second-order valence-electron chi connectivity index (χ2n) is 4.34. The summed E-state index contributed by atoms with van der Waals surface area (Å²) in [5.74, 6) is 0. The lowest BCUT2D eigenvalue weighted by atomic mass is 10.2. The molecule has 0 fully saturated rings. The summed E-state index contributed by atoms with van der Waals surface area (Å²) < 4.78 is 7.05. The molecule has 0 unspecified atom stereocenters. The Bertz CT molecular complexity index is 450. The Morgan fingerprint density at radius 2 is 2.11 bits per heavy atom. The molecule has 18 heavy (non-hydrogen) atoms. The Kier molecular flexibility index (Phi) is 4.36. The minimum absolute atomic E-state index is 0.407. The van der Waals surface area contributed by atoms with Crippen molar-refractivity contribution < 1.29 is 4.74 Å². The van der Waals surface area contributed by atoms with Crippen LogP contribution in [0.4, 0.5) is 5.69 Å². The van der Waals surface area contributed by atoms with Crippen LogP contribution in [0.3, 0.4) is 0 Å². The van der Waals surface area contributed by atoms with Crippen molar-refractivity contribution in [2.75, 3.05) is 19.0 Å². The highest BCUT2D eigenvalue weighted by atomic mass is 16.5. The van der Waals surface area contributed by atoms with Gasteiger partial charge in [-0.15, -0.1) is 0 Å². The lowest BCUT2D eigenvalue weighted by Gasteiger charge is -2.15. The lowest BCUT2D eigenvalue weighted by molar-refractivity contribution is 0.191. The van der Waals surface area contributed by atoms with E-state index in [0.717, 1.165) is 24.4 Å². The number of anilines is 1. The molecule has 0 bridgehead atoms. The zero-order chi connectivity index (χ0) is 12.8. The van der Waals surface area contributed by atoms with Crippen molar-refractivity contribution in [1.29, 1.82) is 0 Å². The molecule has 0 amide bonds. The van der Waals surface area contributed by atoms with E-state index in [4.69, 9.17) is 4.74 Å². The van der Waals surface area contributed by atoms with Gasteiger partial charge in [0.2, 0.25) is 0 Å². The number of hydrogen-bond donors (Lipinski definition) is 1. The summed E-state index contributed by atoms with van der Waals surface area (Å²) in [5, 5.41) is 3.44. The van der Waals surface area contributed by atoms with E-state index in [1.54, 1.807) is 19.6 Å². The number of hydrogen-bond acceptors (Lipinski definition) is 3. The van der Waals surface area contributed by atoms with Crippen molar-refractivity contribution in [2.45, 2.75) is 19.4 Å². The number of methoxy groups -OCH3 is 1. The normalized spacial score (nSPS) is 12.3. The predicted molar refractivity (Wildman–Crippen MR) is 73.1 cm³/mol. The SMILES string of the molecule is COCC[C@@H](C)Nc1ccc(-n2ccnc2)cc1. The van der Waals surface area contributed by atoms with Crippen molar-refractivity contribution in [2.24, 2.45) is 0 Å². The number of imidazole rings is 1. The number of rotatable bonds is 6. The second-order valence-corrected chi connectivity index (χ2v) is 4.34. The minimum Gasteiger partial charge on any atom is -0.385 e. The quantitative estimate of drug-likeness (QED) is 0.850. The molecule has 1 aromatic carbocycles. The average Bonchev–Trinajstić information content (AvgIpc) is 2.91. The molecule has 1 heterocycles. The van der Waals surface area contributed by atoms with Crippen molar-refractivity contribution in [3.8, 4) is 5.69 Å². The first-order valence-electron chi connectivity index (χ1n) is 6.13. The third kappa shape index (κ3) is 3.34. The maximum Gasteiger partial charge on any atom is 0.0991 e. The van der Waals surface area contributed by atoms with Crippen LogP contribution in [0.1, 0.15) is 13.3 Å². The molecule has 0 radical (unpaired) electrons. The van der Waals surface area contributed by atoms with Crippen LogP contribution < -0.4 is 5.32 Å². The maximum absolute atomic E-state index is 5.07. The van der Waals surface area contributed by atoms with E-state index < -0.39 is 0 Å². The van der Waals surface area contributed by atoms with E-state index in [-0.39, 0.29) is 0 Å². The summed E-state index contributed by atoms with van der Waals surface area (Å²) in [6, 6.07) is 8.72. The number of ether oxygens (including phenoxy) is 1. The van der Waals surface area contributed by atoms with Gasteiger partial charge in [0, 0.05) is 43.5 Å². The highest BCUT2D eigenvalue weighted by molar-refractivity contribution is 5.49. The Labute approximate surface area is 108 Å². The first kappa shape index (κ1) is 12.6. The van der Waals surface area contributed by atoms with E-state index in [1.165, 1.54) is 0 Å². The van der Waals surface area contributed by atoms with E-state index >= 15 is 0 Å². The standard InChI is InChI=1S/C14H19N3O/c1-12(7-10-18-2)16-13-3-5-14(6-4-13)17-9-8-15-11-17/h3-6,8-9,11-12,16H,7,10H2,1-2H3/t12-/m1/s1. The maximum atomic E-state index is 5.07. The van der Waals surface area contributed by atoms with Gasteiger partial charge in [-0.05, 0) is 37.6 Å². The van der Waals surface area contributed by atoms with Gasteiger partial charge >= 0.3 is 0 Å². The number of nitrogens with one attached hydrogen (secondary N) is 1. The molecule has 96 valence electrons. The zero-order valence-corrected chi connectivity index (χ0v) is 10.8. The summed E-state index contributed by atoms with van der Waals surface area (Å²) in [7, 11) is 1.73. The molecule has 0 aliphatic rings. The molecule has 1 N–H and O–H groups in total. The van der Waals surface area contributed by atoms with Gasteiger partial charge in [0.05, 0.1) is 6.33 Å². The highest BCUT2D eigenvalue weighted by Crippen LogP contribution is 2.14. The molecule has 2 aromatic rings. The molecule has 2 rings (SSSR count). The van der Waals surface area contributed by atoms with Crippen LogP contribution in [0.25, 0.3) is 5.69 Å². The van der Waals surface area contributed by atoms with Crippen molar-refractivity contribution in [1.82, 2.24) is 9.55 Å². The Morgan fingerprint density at radius 1 is 1.33 bits per heavy atom.